The molecule has 3 N–H and O–H groups in total. The monoisotopic (exact) mass is 262 g/mol. The Kier molecular flexibility index (Phi) is 4.39. The highest BCUT2D eigenvalue weighted by Crippen LogP contribution is 2.17. The fourth-order valence-electron chi connectivity index (χ4n) is 2.40. The van der Waals surface area contributed by atoms with Gasteiger partial charge in [-0.05, 0) is 26.1 Å². The van der Waals surface area contributed by atoms with Crippen LogP contribution in [0.3, 0.4) is 0 Å². The van der Waals surface area contributed by atoms with Gasteiger partial charge in [-0.2, -0.15) is 0 Å². The Balaban J connectivity index is 1.90. The second-order valence-electron chi connectivity index (χ2n) is 5.22. The molecule has 5 nitrogen and oxygen atoms in total. The lowest BCUT2D eigenvalue weighted by molar-refractivity contribution is -0.118. The van der Waals surface area contributed by atoms with Gasteiger partial charge in [-0.15, -0.1) is 0 Å². The van der Waals surface area contributed by atoms with Crippen LogP contribution in [0.5, 0.6) is 0 Å². The first-order valence-corrected chi connectivity index (χ1v) is 6.63. The van der Waals surface area contributed by atoms with Crippen LogP contribution in [0.1, 0.15) is 6.92 Å². The molecular weight excluding hydrogens is 240 g/mol. The molecule has 1 fully saturated rings. The van der Waals surface area contributed by atoms with Gasteiger partial charge in [0.25, 0.3) is 0 Å². The van der Waals surface area contributed by atoms with Crippen molar-refractivity contribution >= 4 is 17.3 Å². The largest absolute Gasteiger partial charge is 0.397 e. The number of para-hydroxylation sites is 2. The molecule has 0 aliphatic carbocycles. The summed E-state index contributed by atoms with van der Waals surface area (Å²) >= 11 is 0. The zero-order valence-electron chi connectivity index (χ0n) is 11.6. The highest BCUT2D eigenvalue weighted by Gasteiger charge is 2.23. The van der Waals surface area contributed by atoms with E-state index in [4.69, 9.17) is 5.73 Å². The van der Waals surface area contributed by atoms with Gasteiger partial charge in [0, 0.05) is 25.7 Å². The SMILES string of the molecule is CC1CN(C)CCN1CC(=O)Nc1ccccc1N. The van der Waals surface area contributed by atoms with E-state index in [1.165, 1.54) is 0 Å². The maximum atomic E-state index is 12.0. The second-order valence-corrected chi connectivity index (χ2v) is 5.22. The van der Waals surface area contributed by atoms with Gasteiger partial charge in [0.1, 0.15) is 0 Å². The zero-order valence-corrected chi connectivity index (χ0v) is 11.6. The van der Waals surface area contributed by atoms with Crippen molar-refractivity contribution in [3.8, 4) is 0 Å². The van der Waals surface area contributed by atoms with E-state index in [1.807, 2.05) is 18.2 Å². The first-order valence-electron chi connectivity index (χ1n) is 6.63. The molecule has 1 unspecified atom stereocenters. The van der Waals surface area contributed by atoms with Crippen molar-refractivity contribution in [2.45, 2.75) is 13.0 Å². The third-order valence-corrected chi connectivity index (χ3v) is 3.55. The lowest BCUT2D eigenvalue weighted by Crippen LogP contribution is -2.52. The minimum atomic E-state index is -0.00527. The minimum absolute atomic E-state index is 0.00527. The average molecular weight is 262 g/mol. The summed E-state index contributed by atoms with van der Waals surface area (Å²) in [6.07, 6.45) is 0. The number of nitrogen functional groups attached to an aromatic ring is 1. The van der Waals surface area contributed by atoms with Gasteiger partial charge in [0.2, 0.25) is 5.91 Å². The molecule has 1 amide bonds. The Morgan fingerprint density at radius 2 is 2.16 bits per heavy atom. The smallest absolute Gasteiger partial charge is 0.238 e. The quantitative estimate of drug-likeness (QED) is 0.793. The van der Waals surface area contributed by atoms with E-state index >= 15 is 0 Å². The van der Waals surface area contributed by atoms with Crippen LogP contribution in [0.15, 0.2) is 24.3 Å². The number of nitrogens with two attached hydrogens (primary N) is 1. The summed E-state index contributed by atoms with van der Waals surface area (Å²) in [6, 6.07) is 7.73. The first-order chi connectivity index (χ1) is 9.06. The fourth-order valence-corrected chi connectivity index (χ4v) is 2.40. The van der Waals surface area contributed by atoms with E-state index in [0.29, 0.717) is 24.0 Å². The van der Waals surface area contributed by atoms with Crippen LogP contribution in [-0.2, 0) is 4.79 Å². The van der Waals surface area contributed by atoms with Gasteiger partial charge in [0.15, 0.2) is 0 Å². The molecule has 1 aliphatic heterocycles. The predicted octanol–water partition coefficient (Wildman–Crippen LogP) is 0.843. The van der Waals surface area contributed by atoms with Crippen LogP contribution < -0.4 is 11.1 Å². The molecule has 0 aromatic heterocycles. The van der Waals surface area contributed by atoms with Crippen LogP contribution in [0.4, 0.5) is 11.4 Å². The van der Waals surface area contributed by atoms with Crippen LogP contribution in [0, 0.1) is 0 Å². The summed E-state index contributed by atoms with van der Waals surface area (Å²) in [4.78, 5) is 16.5. The van der Waals surface area contributed by atoms with Crippen molar-refractivity contribution in [3.05, 3.63) is 24.3 Å². The number of benzene rings is 1. The van der Waals surface area contributed by atoms with E-state index < -0.39 is 0 Å². The van der Waals surface area contributed by atoms with Crippen LogP contribution >= 0.6 is 0 Å². The molecule has 1 aliphatic rings. The molecule has 1 aromatic carbocycles. The third-order valence-electron chi connectivity index (χ3n) is 3.55. The summed E-state index contributed by atoms with van der Waals surface area (Å²) in [6.45, 7) is 5.50. The van der Waals surface area contributed by atoms with Crippen molar-refractivity contribution in [1.82, 2.24) is 9.80 Å². The van der Waals surface area contributed by atoms with E-state index in [0.717, 1.165) is 19.6 Å². The summed E-state index contributed by atoms with van der Waals surface area (Å²) < 4.78 is 0. The Labute approximate surface area is 114 Å². The Bertz CT molecular complexity index is 449. The van der Waals surface area contributed by atoms with Crippen LogP contribution in [0.25, 0.3) is 0 Å². The van der Waals surface area contributed by atoms with Crippen LogP contribution in [0.2, 0.25) is 0 Å². The van der Waals surface area contributed by atoms with Crippen molar-refractivity contribution in [2.24, 2.45) is 0 Å². The van der Waals surface area contributed by atoms with Gasteiger partial charge in [-0.3, -0.25) is 9.69 Å². The average Bonchev–Trinajstić information content (AvgIpc) is 2.36. The van der Waals surface area contributed by atoms with E-state index in [-0.39, 0.29) is 5.91 Å². The number of carbonyl (C=O) groups excluding carboxylic acids is 1. The molecule has 1 atom stereocenters. The van der Waals surface area contributed by atoms with Crippen molar-refractivity contribution in [1.29, 1.82) is 0 Å². The number of nitrogens with zero attached hydrogens (tertiary/aromatic N) is 2. The summed E-state index contributed by atoms with van der Waals surface area (Å²) in [7, 11) is 2.11. The molecule has 0 saturated carbocycles. The lowest BCUT2D eigenvalue weighted by Gasteiger charge is -2.37. The molecule has 1 aromatic rings. The summed E-state index contributed by atoms with van der Waals surface area (Å²) in [5, 5.41) is 2.87. The highest BCUT2D eigenvalue weighted by atomic mass is 16.2. The van der Waals surface area contributed by atoms with Gasteiger partial charge >= 0.3 is 0 Å². The van der Waals surface area contributed by atoms with E-state index in [1.54, 1.807) is 6.07 Å². The van der Waals surface area contributed by atoms with E-state index in [2.05, 4.69) is 29.1 Å². The van der Waals surface area contributed by atoms with Crippen molar-refractivity contribution in [3.63, 3.8) is 0 Å². The number of hydrogen-bond acceptors (Lipinski definition) is 4. The number of nitrogens with one attached hydrogen (secondary N) is 1. The molecule has 1 saturated heterocycles. The third kappa shape index (κ3) is 3.68. The summed E-state index contributed by atoms with van der Waals surface area (Å²) in [5.41, 5.74) is 7.10. The maximum Gasteiger partial charge on any atom is 0.238 e. The van der Waals surface area contributed by atoms with Gasteiger partial charge in [-0.25, -0.2) is 0 Å². The molecule has 0 radical (unpaired) electrons. The Hall–Kier alpha value is -1.59. The first kappa shape index (κ1) is 13.8. The minimum Gasteiger partial charge on any atom is -0.397 e. The number of piperazine rings is 1. The molecule has 0 spiro atoms. The molecule has 104 valence electrons. The molecule has 2 rings (SSSR count). The number of anilines is 2. The number of amides is 1. The van der Waals surface area contributed by atoms with Crippen molar-refractivity contribution < 1.29 is 4.79 Å². The predicted molar refractivity (Wildman–Crippen MR) is 78.0 cm³/mol. The number of carbonyl (C=O) groups is 1. The summed E-state index contributed by atoms with van der Waals surface area (Å²) in [5.74, 6) is -0.00527. The molecule has 0 bridgehead atoms. The van der Waals surface area contributed by atoms with Crippen LogP contribution in [-0.4, -0.2) is 55.0 Å². The Morgan fingerprint density at radius 3 is 2.84 bits per heavy atom. The molecule has 1 heterocycles. The number of hydrogen-bond donors (Lipinski definition) is 2. The number of likely N-dealkylation sites (N-methyl/N-ethyl adjacent to an activating group) is 1. The standard InChI is InChI=1S/C14H22N4O/c1-11-9-17(2)7-8-18(11)10-14(19)16-13-6-4-3-5-12(13)15/h3-6,11H,7-10,15H2,1-2H3,(H,16,19). The maximum absolute atomic E-state index is 12.0. The zero-order chi connectivity index (χ0) is 13.8. The topological polar surface area (TPSA) is 61.6 Å². The second kappa shape index (κ2) is 6.04. The van der Waals surface area contributed by atoms with Gasteiger partial charge in [-0.1, -0.05) is 12.1 Å². The van der Waals surface area contributed by atoms with E-state index in [9.17, 15) is 4.79 Å². The molecule has 19 heavy (non-hydrogen) atoms. The van der Waals surface area contributed by atoms with Gasteiger partial charge < -0.3 is 16.0 Å². The Morgan fingerprint density at radius 1 is 1.42 bits per heavy atom. The normalized spacial score (nSPS) is 21.3. The van der Waals surface area contributed by atoms with Crippen molar-refractivity contribution in [2.75, 3.05) is 44.3 Å². The fraction of sp³-hybridized carbons (Fsp3) is 0.500. The number of rotatable bonds is 3. The lowest BCUT2D eigenvalue weighted by atomic mass is 10.2. The van der Waals surface area contributed by atoms with Gasteiger partial charge in [0.05, 0.1) is 17.9 Å². The highest BCUT2D eigenvalue weighted by molar-refractivity contribution is 5.95. The molecular formula is C14H22N4O. The molecule has 5 heteroatoms.